The molecule has 0 radical (unpaired) electrons. The van der Waals surface area contributed by atoms with Gasteiger partial charge in [-0.25, -0.2) is 9.97 Å². The molecule has 25 heavy (non-hydrogen) atoms. The first-order valence-corrected chi connectivity index (χ1v) is 9.81. The van der Waals surface area contributed by atoms with Gasteiger partial charge in [-0.05, 0) is 18.9 Å². The Bertz CT molecular complexity index is 619. The molecule has 0 aliphatic carbocycles. The van der Waals surface area contributed by atoms with Gasteiger partial charge in [-0.15, -0.1) is 0 Å². The number of carbonyl (C=O) groups is 2. The highest BCUT2D eigenvalue weighted by Crippen LogP contribution is 2.20. The third-order valence-corrected chi connectivity index (χ3v) is 5.76. The molecule has 134 valence electrons. The molecule has 0 spiro atoms. The fourth-order valence-electron chi connectivity index (χ4n) is 2.91. The van der Waals surface area contributed by atoms with Gasteiger partial charge in [0.15, 0.2) is 0 Å². The zero-order chi connectivity index (χ0) is 17.6. The molecule has 2 amide bonds. The molecule has 0 unspecified atom stereocenters. The number of hydrogen-bond donors (Lipinski definition) is 0. The van der Waals surface area contributed by atoms with E-state index in [-0.39, 0.29) is 11.8 Å². The van der Waals surface area contributed by atoms with Crippen molar-refractivity contribution in [1.82, 2.24) is 19.8 Å². The minimum atomic E-state index is 0.0839. The van der Waals surface area contributed by atoms with E-state index in [4.69, 9.17) is 12.2 Å². The number of thiocarbonyl (C=S) groups is 1. The Labute approximate surface area is 156 Å². The summed E-state index contributed by atoms with van der Waals surface area (Å²) in [5.41, 5.74) is 0. The summed E-state index contributed by atoms with van der Waals surface area (Å²) < 4.78 is 0.663. The lowest BCUT2D eigenvalue weighted by Crippen LogP contribution is -2.49. The van der Waals surface area contributed by atoms with Crippen molar-refractivity contribution in [3.63, 3.8) is 0 Å². The molecule has 0 saturated carbocycles. The normalized spacial score (nSPS) is 18.2. The van der Waals surface area contributed by atoms with Gasteiger partial charge in [-0.2, -0.15) is 0 Å². The molecule has 2 aliphatic heterocycles. The second-order valence-electron chi connectivity index (χ2n) is 5.97. The summed E-state index contributed by atoms with van der Waals surface area (Å²) in [4.78, 5) is 38.1. The molecule has 0 N–H and O–H groups in total. The monoisotopic (exact) mass is 379 g/mol. The molecular weight excluding hydrogens is 358 g/mol. The smallest absolute Gasteiger partial charge is 0.238 e. The Morgan fingerprint density at radius 2 is 1.88 bits per heavy atom. The molecule has 0 bridgehead atoms. The zero-order valence-electron chi connectivity index (χ0n) is 14.0. The van der Waals surface area contributed by atoms with Crippen LogP contribution in [0.25, 0.3) is 0 Å². The lowest BCUT2D eigenvalue weighted by atomic mass is 10.2. The van der Waals surface area contributed by atoms with E-state index in [2.05, 4.69) is 14.9 Å². The van der Waals surface area contributed by atoms with Crippen LogP contribution in [0.1, 0.15) is 19.3 Å². The van der Waals surface area contributed by atoms with Crippen molar-refractivity contribution in [2.75, 3.05) is 43.4 Å². The van der Waals surface area contributed by atoms with Crippen molar-refractivity contribution in [2.24, 2.45) is 0 Å². The van der Waals surface area contributed by atoms with Gasteiger partial charge >= 0.3 is 0 Å². The van der Waals surface area contributed by atoms with Crippen LogP contribution in [-0.4, -0.2) is 74.4 Å². The summed E-state index contributed by atoms with van der Waals surface area (Å²) in [5, 5.41) is 0. The summed E-state index contributed by atoms with van der Waals surface area (Å²) in [6.45, 7) is 3.52. The Balaban J connectivity index is 1.35. The third-order valence-electron chi connectivity index (χ3n) is 4.33. The van der Waals surface area contributed by atoms with Crippen molar-refractivity contribution < 1.29 is 9.59 Å². The van der Waals surface area contributed by atoms with Crippen LogP contribution in [0.5, 0.6) is 0 Å². The maximum absolute atomic E-state index is 12.3. The maximum atomic E-state index is 12.3. The number of rotatable bonds is 6. The number of amides is 2. The largest absolute Gasteiger partial charge is 0.339 e. The topological polar surface area (TPSA) is 69.6 Å². The fourth-order valence-corrected chi connectivity index (χ4v) is 4.03. The number of nitrogens with zero attached hydrogens (tertiary/aromatic N) is 5. The summed E-state index contributed by atoms with van der Waals surface area (Å²) in [5.74, 6) is 1.44. The molecule has 7 nitrogen and oxygen atoms in total. The predicted octanol–water partition coefficient (Wildman–Crippen LogP) is 1.16. The van der Waals surface area contributed by atoms with E-state index in [1.807, 2.05) is 4.90 Å². The van der Waals surface area contributed by atoms with Crippen LogP contribution in [0.15, 0.2) is 18.5 Å². The first-order chi connectivity index (χ1) is 12.1. The number of hydrogen-bond acceptors (Lipinski definition) is 7. The molecule has 0 aromatic carbocycles. The van der Waals surface area contributed by atoms with Crippen molar-refractivity contribution >= 4 is 46.1 Å². The van der Waals surface area contributed by atoms with E-state index in [0.29, 0.717) is 36.1 Å². The molecule has 1 aromatic rings. The van der Waals surface area contributed by atoms with Crippen molar-refractivity contribution in [3.05, 3.63) is 18.5 Å². The lowest BCUT2D eigenvalue weighted by molar-refractivity contribution is -0.131. The molecule has 2 aliphatic rings. The molecule has 3 rings (SSSR count). The Morgan fingerprint density at radius 1 is 1.16 bits per heavy atom. The lowest BCUT2D eigenvalue weighted by Gasteiger charge is -2.34. The quantitative estimate of drug-likeness (QED) is 0.542. The van der Waals surface area contributed by atoms with Crippen LogP contribution in [0.3, 0.4) is 0 Å². The Hall–Kier alpha value is -1.74. The first kappa shape index (κ1) is 18.1. The number of carbonyl (C=O) groups excluding carboxylic acids is 2. The SMILES string of the molecule is O=C(CCCCN1C(=O)CSC1=S)N1CCN(c2ncccn2)CC1. The van der Waals surface area contributed by atoms with Crippen LogP contribution in [0.4, 0.5) is 5.95 Å². The van der Waals surface area contributed by atoms with Gasteiger partial charge in [0.2, 0.25) is 17.8 Å². The second-order valence-corrected chi connectivity index (χ2v) is 7.58. The number of piperazine rings is 1. The van der Waals surface area contributed by atoms with E-state index in [1.165, 1.54) is 11.8 Å². The van der Waals surface area contributed by atoms with Crippen LogP contribution in [-0.2, 0) is 9.59 Å². The Kier molecular flexibility index (Phi) is 6.19. The van der Waals surface area contributed by atoms with E-state index >= 15 is 0 Å². The highest BCUT2D eigenvalue weighted by atomic mass is 32.2. The number of aromatic nitrogens is 2. The van der Waals surface area contributed by atoms with Crippen LogP contribution < -0.4 is 4.90 Å². The van der Waals surface area contributed by atoms with E-state index in [0.717, 1.165) is 31.9 Å². The number of thioether (sulfide) groups is 1. The fraction of sp³-hybridized carbons (Fsp3) is 0.562. The van der Waals surface area contributed by atoms with Gasteiger partial charge in [-0.3, -0.25) is 14.5 Å². The van der Waals surface area contributed by atoms with Gasteiger partial charge in [-0.1, -0.05) is 24.0 Å². The van der Waals surface area contributed by atoms with E-state index < -0.39 is 0 Å². The highest BCUT2D eigenvalue weighted by Gasteiger charge is 2.26. The molecule has 2 saturated heterocycles. The zero-order valence-corrected chi connectivity index (χ0v) is 15.6. The Morgan fingerprint density at radius 3 is 2.52 bits per heavy atom. The number of anilines is 1. The minimum Gasteiger partial charge on any atom is -0.339 e. The standard InChI is InChI=1S/C16H21N5O2S2/c22-13(4-1-2-7-21-14(23)12-25-16(21)24)19-8-10-20(11-9-19)15-17-5-3-6-18-15/h3,5-6H,1-2,4,7-12H2. The van der Waals surface area contributed by atoms with E-state index in [1.54, 1.807) is 23.4 Å². The van der Waals surface area contributed by atoms with Crippen molar-refractivity contribution in [1.29, 1.82) is 0 Å². The highest BCUT2D eigenvalue weighted by molar-refractivity contribution is 8.23. The van der Waals surface area contributed by atoms with Gasteiger partial charge in [0.1, 0.15) is 4.32 Å². The van der Waals surface area contributed by atoms with Gasteiger partial charge < -0.3 is 9.80 Å². The third kappa shape index (κ3) is 4.66. The van der Waals surface area contributed by atoms with Crippen LogP contribution >= 0.6 is 24.0 Å². The average Bonchev–Trinajstić information content (AvgIpc) is 2.97. The number of unbranched alkanes of at least 4 members (excludes halogenated alkanes) is 1. The van der Waals surface area contributed by atoms with Gasteiger partial charge in [0.05, 0.1) is 5.75 Å². The molecule has 3 heterocycles. The first-order valence-electron chi connectivity index (χ1n) is 8.42. The molecular formula is C16H21N5O2S2. The summed E-state index contributed by atoms with van der Waals surface area (Å²) in [7, 11) is 0. The predicted molar refractivity (Wildman–Crippen MR) is 101 cm³/mol. The summed E-state index contributed by atoms with van der Waals surface area (Å²) in [6, 6.07) is 1.80. The maximum Gasteiger partial charge on any atom is 0.238 e. The summed E-state index contributed by atoms with van der Waals surface area (Å²) >= 11 is 6.57. The minimum absolute atomic E-state index is 0.0839. The molecule has 2 fully saturated rings. The van der Waals surface area contributed by atoms with Gasteiger partial charge in [0.25, 0.3) is 0 Å². The second kappa shape index (κ2) is 8.57. The molecule has 9 heteroatoms. The van der Waals surface area contributed by atoms with Gasteiger partial charge in [0, 0.05) is 51.5 Å². The average molecular weight is 380 g/mol. The van der Waals surface area contributed by atoms with Crippen molar-refractivity contribution in [3.8, 4) is 0 Å². The van der Waals surface area contributed by atoms with Crippen LogP contribution in [0.2, 0.25) is 0 Å². The van der Waals surface area contributed by atoms with E-state index in [9.17, 15) is 9.59 Å². The molecule has 1 aromatic heterocycles. The van der Waals surface area contributed by atoms with Crippen molar-refractivity contribution in [2.45, 2.75) is 19.3 Å². The molecule has 0 atom stereocenters. The van der Waals surface area contributed by atoms with Crippen LogP contribution in [0, 0.1) is 0 Å². The summed E-state index contributed by atoms with van der Waals surface area (Å²) in [6.07, 6.45) is 5.56.